The van der Waals surface area contributed by atoms with Crippen molar-refractivity contribution in [3.8, 4) is 0 Å². The molecule has 0 aliphatic carbocycles. The van der Waals surface area contributed by atoms with Gasteiger partial charge in [0, 0.05) is 19.1 Å². The van der Waals surface area contributed by atoms with E-state index >= 15 is 0 Å². The van der Waals surface area contributed by atoms with E-state index in [0.717, 1.165) is 6.54 Å². The summed E-state index contributed by atoms with van der Waals surface area (Å²) < 4.78 is 5.27. The van der Waals surface area contributed by atoms with E-state index < -0.39 is 0 Å². The summed E-state index contributed by atoms with van der Waals surface area (Å²) in [6.07, 6.45) is -0.304. The van der Waals surface area contributed by atoms with Crippen molar-refractivity contribution >= 4 is 5.91 Å². The first-order chi connectivity index (χ1) is 5.70. The van der Waals surface area contributed by atoms with Crippen LogP contribution in [0.2, 0.25) is 0 Å². The summed E-state index contributed by atoms with van der Waals surface area (Å²) in [5.41, 5.74) is 0. The average molecular weight is 172 g/mol. The summed E-state index contributed by atoms with van der Waals surface area (Å²) in [6.45, 7) is 5.96. The molecule has 2 N–H and O–H groups in total. The Hall–Kier alpha value is -0.610. The van der Waals surface area contributed by atoms with E-state index in [9.17, 15) is 4.79 Å². The topological polar surface area (TPSA) is 50.4 Å². The van der Waals surface area contributed by atoms with Crippen molar-refractivity contribution in [2.75, 3.05) is 19.7 Å². The molecule has 0 radical (unpaired) electrons. The lowest BCUT2D eigenvalue weighted by molar-refractivity contribution is -0.134. The molecule has 0 aromatic carbocycles. The Morgan fingerprint density at radius 2 is 2.42 bits per heavy atom. The van der Waals surface area contributed by atoms with Crippen molar-refractivity contribution < 1.29 is 9.53 Å². The van der Waals surface area contributed by atoms with Crippen LogP contribution in [0.3, 0.4) is 0 Å². The van der Waals surface area contributed by atoms with E-state index in [1.54, 1.807) is 0 Å². The zero-order chi connectivity index (χ0) is 8.97. The van der Waals surface area contributed by atoms with E-state index in [1.807, 2.05) is 13.8 Å². The van der Waals surface area contributed by atoms with Crippen molar-refractivity contribution in [2.24, 2.45) is 0 Å². The molecule has 0 saturated carbocycles. The second-order valence-electron chi connectivity index (χ2n) is 3.23. The molecule has 0 aromatic heterocycles. The fraction of sp³-hybridized carbons (Fsp3) is 0.875. The van der Waals surface area contributed by atoms with Crippen molar-refractivity contribution in [1.82, 2.24) is 10.6 Å². The summed E-state index contributed by atoms with van der Waals surface area (Å²) in [5, 5.41) is 5.91. The van der Waals surface area contributed by atoms with Crippen molar-refractivity contribution in [1.29, 1.82) is 0 Å². The van der Waals surface area contributed by atoms with Gasteiger partial charge in [-0.05, 0) is 13.8 Å². The highest BCUT2D eigenvalue weighted by atomic mass is 16.5. The van der Waals surface area contributed by atoms with Gasteiger partial charge in [0.1, 0.15) is 6.10 Å². The number of ether oxygens (including phenoxy) is 1. The number of hydrogen-bond donors (Lipinski definition) is 2. The van der Waals surface area contributed by atoms with Gasteiger partial charge in [0.2, 0.25) is 0 Å². The molecular formula is C8H16N2O2. The van der Waals surface area contributed by atoms with Crippen molar-refractivity contribution in [3.63, 3.8) is 0 Å². The smallest absolute Gasteiger partial charge is 0.250 e. The van der Waals surface area contributed by atoms with Crippen LogP contribution in [0, 0.1) is 0 Å². The molecule has 1 fully saturated rings. The predicted molar refractivity (Wildman–Crippen MR) is 45.9 cm³/mol. The second kappa shape index (κ2) is 4.42. The molecule has 1 atom stereocenters. The van der Waals surface area contributed by atoms with E-state index in [0.29, 0.717) is 13.2 Å². The molecule has 1 aliphatic heterocycles. The van der Waals surface area contributed by atoms with E-state index in [-0.39, 0.29) is 18.1 Å². The van der Waals surface area contributed by atoms with Crippen LogP contribution >= 0.6 is 0 Å². The minimum atomic E-state index is -0.304. The monoisotopic (exact) mass is 172 g/mol. The third-order valence-corrected chi connectivity index (χ3v) is 1.65. The lowest BCUT2D eigenvalue weighted by Gasteiger charge is -2.23. The number of carbonyl (C=O) groups is 1. The quantitative estimate of drug-likeness (QED) is 0.590. The molecule has 1 aliphatic rings. The fourth-order valence-corrected chi connectivity index (χ4v) is 1.11. The number of morpholine rings is 1. The normalized spacial score (nSPS) is 24.1. The highest BCUT2D eigenvalue weighted by molar-refractivity contribution is 5.81. The molecule has 1 saturated heterocycles. The van der Waals surface area contributed by atoms with Crippen molar-refractivity contribution in [2.45, 2.75) is 26.0 Å². The third-order valence-electron chi connectivity index (χ3n) is 1.65. The molecule has 4 heteroatoms. The first-order valence-electron chi connectivity index (χ1n) is 4.33. The summed E-state index contributed by atoms with van der Waals surface area (Å²) in [6, 6.07) is 0.183. The standard InChI is InChI=1S/C8H16N2O2/c1-6(2)10-8(11)7-5-9-3-4-12-7/h6-7,9H,3-5H2,1-2H3,(H,10,11). The minimum absolute atomic E-state index is 0.0165. The van der Waals surface area contributed by atoms with Crippen LogP contribution in [0.5, 0.6) is 0 Å². The zero-order valence-electron chi connectivity index (χ0n) is 7.59. The van der Waals surface area contributed by atoms with Crippen LogP contribution in [0.1, 0.15) is 13.8 Å². The van der Waals surface area contributed by atoms with E-state index in [4.69, 9.17) is 4.74 Å². The number of hydrogen-bond acceptors (Lipinski definition) is 3. The third kappa shape index (κ3) is 2.79. The van der Waals surface area contributed by atoms with Gasteiger partial charge in [0.25, 0.3) is 5.91 Å². The lowest BCUT2D eigenvalue weighted by Crippen LogP contribution is -2.49. The first kappa shape index (κ1) is 9.48. The summed E-state index contributed by atoms with van der Waals surface area (Å²) in [4.78, 5) is 11.3. The van der Waals surface area contributed by atoms with Gasteiger partial charge >= 0.3 is 0 Å². The molecule has 1 heterocycles. The number of nitrogens with one attached hydrogen (secondary N) is 2. The Balaban J connectivity index is 2.30. The lowest BCUT2D eigenvalue weighted by atomic mass is 10.2. The molecule has 4 nitrogen and oxygen atoms in total. The Morgan fingerprint density at radius 3 is 2.92 bits per heavy atom. The maximum atomic E-state index is 11.3. The Bertz CT molecular complexity index is 153. The summed E-state index contributed by atoms with van der Waals surface area (Å²) in [5.74, 6) is -0.0165. The molecule has 0 aromatic rings. The molecule has 1 unspecified atom stereocenters. The van der Waals surface area contributed by atoms with Crippen molar-refractivity contribution in [3.05, 3.63) is 0 Å². The summed E-state index contributed by atoms with van der Waals surface area (Å²) in [7, 11) is 0. The largest absolute Gasteiger partial charge is 0.366 e. The molecule has 1 rings (SSSR count). The fourth-order valence-electron chi connectivity index (χ4n) is 1.11. The number of amides is 1. The average Bonchev–Trinajstić information content (AvgIpc) is 2.05. The Morgan fingerprint density at radius 1 is 1.67 bits per heavy atom. The second-order valence-corrected chi connectivity index (χ2v) is 3.23. The predicted octanol–water partition coefficient (Wildman–Crippen LogP) is -0.501. The highest BCUT2D eigenvalue weighted by Crippen LogP contribution is 1.96. The maximum Gasteiger partial charge on any atom is 0.250 e. The van der Waals surface area contributed by atoms with Gasteiger partial charge in [0.15, 0.2) is 0 Å². The molecular weight excluding hydrogens is 156 g/mol. The van der Waals surface area contributed by atoms with Crippen LogP contribution in [-0.2, 0) is 9.53 Å². The first-order valence-corrected chi connectivity index (χ1v) is 4.33. The van der Waals surface area contributed by atoms with Gasteiger partial charge in [-0.1, -0.05) is 0 Å². The maximum absolute atomic E-state index is 11.3. The SMILES string of the molecule is CC(C)NC(=O)C1CNCCO1. The molecule has 70 valence electrons. The van der Waals surface area contributed by atoms with Gasteiger partial charge in [-0.3, -0.25) is 4.79 Å². The van der Waals surface area contributed by atoms with Gasteiger partial charge in [-0.2, -0.15) is 0 Å². The van der Waals surface area contributed by atoms with Crippen LogP contribution in [0.15, 0.2) is 0 Å². The molecule has 12 heavy (non-hydrogen) atoms. The van der Waals surface area contributed by atoms with Gasteiger partial charge in [-0.15, -0.1) is 0 Å². The Labute approximate surface area is 72.7 Å². The minimum Gasteiger partial charge on any atom is -0.366 e. The number of carbonyl (C=O) groups excluding carboxylic acids is 1. The van der Waals surface area contributed by atoms with E-state index in [1.165, 1.54) is 0 Å². The zero-order valence-corrected chi connectivity index (χ0v) is 7.59. The van der Waals surface area contributed by atoms with Gasteiger partial charge < -0.3 is 15.4 Å². The van der Waals surface area contributed by atoms with Gasteiger partial charge in [0.05, 0.1) is 6.61 Å². The Kier molecular flexibility index (Phi) is 3.49. The molecule has 0 spiro atoms. The van der Waals surface area contributed by atoms with Crippen LogP contribution in [0.25, 0.3) is 0 Å². The van der Waals surface area contributed by atoms with Gasteiger partial charge in [-0.25, -0.2) is 0 Å². The molecule has 1 amide bonds. The number of rotatable bonds is 2. The summed E-state index contributed by atoms with van der Waals surface area (Å²) >= 11 is 0. The highest BCUT2D eigenvalue weighted by Gasteiger charge is 2.21. The molecule has 0 bridgehead atoms. The van der Waals surface area contributed by atoms with Crippen LogP contribution < -0.4 is 10.6 Å². The van der Waals surface area contributed by atoms with Crippen LogP contribution in [-0.4, -0.2) is 37.7 Å². The van der Waals surface area contributed by atoms with E-state index in [2.05, 4.69) is 10.6 Å². The van der Waals surface area contributed by atoms with Crippen LogP contribution in [0.4, 0.5) is 0 Å².